The fourth-order valence-corrected chi connectivity index (χ4v) is 2.91. The van der Waals surface area contributed by atoms with Crippen LogP contribution >= 0.6 is 0 Å². The van der Waals surface area contributed by atoms with Crippen molar-refractivity contribution in [2.45, 2.75) is 31.3 Å². The van der Waals surface area contributed by atoms with Crippen LogP contribution in [0.25, 0.3) is 0 Å². The van der Waals surface area contributed by atoms with Gasteiger partial charge in [-0.3, -0.25) is 4.68 Å². The van der Waals surface area contributed by atoms with E-state index in [9.17, 15) is 5.11 Å². The van der Waals surface area contributed by atoms with Gasteiger partial charge in [-0.05, 0) is 42.9 Å². The average Bonchev–Trinajstić information content (AvgIpc) is 2.93. The third-order valence-electron chi connectivity index (χ3n) is 4.04. The van der Waals surface area contributed by atoms with Gasteiger partial charge in [0.2, 0.25) is 0 Å². The molecule has 1 aromatic carbocycles. The number of aliphatic hydroxyl groups is 1. The van der Waals surface area contributed by atoms with Crippen molar-refractivity contribution in [1.82, 2.24) is 9.78 Å². The maximum Gasteiger partial charge on any atom is 0.0906 e. The third-order valence-corrected chi connectivity index (χ3v) is 4.04. The predicted octanol–water partition coefficient (Wildman–Crippen LogP) is 2.19. The van der Waals surface area contributed by atoms with Crippen molar-refractivity contribution in [1.29, 1.82) is 0 Å². The first-order valence-corrected chi connectivity index (χ1v) is 6.47. The van der Waals surface area contributed by atoms with Crippen molar-refractivity contribution in [3.63, 3.8) is 0 Å². The van der Waals surface area contributed by atoms with Crippen LogP contribution in [0.1, 0.15) is 29.7 Å². The normalized spacial score (nSPS) is 22.1. The van der Waals surface area contributed by atoms with Crippen LogP contribution in [0.5, 0.6) is 0 Å². The molecule has 0 amide bonds. The van der Waals surface area contributed by atoms with Crippen molar-refractivity contribution >= 4 is 0 Å². The van der Waals surface area contributed by atoms with E-state index in [0.29, 0.717) is 0 Å². The topological polar surface area (TPSA) is 38.0 Å². The zero-order valence-corrected chi connectivity index (χ0v) is 10.6. The van der Waals surface area contributed by atoms with Crippen molar-refractivity contribution in [3.8, 4) is 0 Å². The molecule has 0 aliphatic heterocycles. The first-order valence-electron chi connectivity index (χ1n) is 6.47. The molecule has 3 heteroatoms. The summed E-state index contributed by atoms with van der Waals surface area (Å²) in [5, 5.41) is 15.0. The van der Waals surface area contributed by atoms with Crippen molar-refractivity contribution in [2.75, 3.05) is 0 Å². The molecule has 1 atom stereocenters. The van der Waals surface area contributed by atoms with E-state index < -0.39 is 5.60 Å². The lowest BCUT2D eigenvalue weighted by Gasteiger charge is -2.24. The van der Waals surface area contributed by atoms with Gasteiger partial charge < -0.3 is 5.11 Å². The average molecular weight is 242 g/mol. The zero-order chi connectivity index (χ0) is 12.6. The Morgan fingerprint density at radius 2 is 2.17 bits per heavy atom. The number of fused-ring (bicyclic) bond motifs is 1. The van der Waals surface area contributed by atoms with Gasteiger partial charge in [-0.2, -0.15) is 5.10 Å². The molecule has 1 aliphatic carbocycles. The Hall–Kier alpha value is -1.61. The number of hydrogen-bond donors (Lipinski definition) is 1. The van der Waals surface area contributed by atoms with Gasteiger partial charge >= 0.3 is 0 Å². The summed E-state index contributed by atoms with van der Waals surface area (Å²) in [6, 6.07) is 10.3. The van der Waals surface area contributed by atoms with E-state index in [1.54, 1.807) is 0 Å². The Bertz CT molecular complexity index is 561. The van der Waals surface area contributed by atoms with Gasteiger partial charge in [-0.25, -0.2) is 0 Å². The second-order valence-corrected chi connectivity index (χ2v) is 5.13. The fraction of sp³-hybridized carbons (Fsp3) is 0.400. The summed E-state index contributed by atoms with van der Waals surface area (Å²) in [5.74, 6) is 0. The minimum absolute atomic E-state index is 0.652. The molecule has 18 heavy (non-hydrogen) atoms. The lowest BCUT2D eigenvalue weighted by molar-refractivity contribution is 0.0293. The quantitative estimate of drug-likeness (QED) is 0.896. The molecule has 0 fully saturated rings. The molecule has 94 valence electrons. The molecule has 3 nitrogen and oxygen atoms in total. The van der Waals surface area contributed by atoms with Gasteiger partial charge in [-0.1, -0.05) is 24.3 Å². The van der Waals surface area contributed by atoms with E-state index in [2.05, 4.69) is 17.2 Å². The molecule has 1 N–H and O–H groups in total. The number of hydrogen-bond acceptors (Lipinski definition) is 2. The minimum Gasteiger partial charge on any atom is -0.385 e. The molecule has 1 aromatic heterocycles. The van der Waals surface area contributed by atoms with E-state index in [1.165, 1.54) is 11.3 Å². The van der Waals surface area contributed by atoms with Crippen LogP contribution in [-0.4, -0.2) is 14.9 Å². The Labute approximate surface area is 107 Å². The highest BCUT2D eigenvalue weighted by Crippen LogP contribution is 2.39. The summed E-state index contributed by atoms with van der Waals surface area (Å²) in [7, 11) is 1.95. The summed E-state index contributed by atoms with van der Waals surface area (Å²) in [4.78, 5) is 0. The Morgan fingerprint density at radius 1 is 1.33 bits per heavy atom. The first-order chi connectivity index (χ1) is 8.69. The summed E-state index contributed by atoms with van der Waals surface area (Å²) < 4.78 is 1.88. The standard InChI is InChI=1S/C15H18N2O/c1-17-13(8-11-16-17)7-10-15(18)9-6-12-4-2-3-5-14(12)15/h2-5,8,11,18H,6-7,9-10H2,1H3. The molecule has 1 unspecified atom stereocenters. The SMILES string of the molecule is Cn1nccc1CCC1(O)CCc2ccccc21. The van der Waals surface area contributed by atoms with Crippen molar-refractivity contribution < 1.29 is 5.11 Å². The second-order valence-electron chi connectivity index (χ2n) is 5.13. The van der Waals surface area contributed by atoms with Crippen molar-refractivity contribution in [3.05, 3.63) is 53.3 Å². The van der Waals surface area contributed by atoms with E-state index in [1.807, 2.05) is 36.1 Å². The van der Waals surface area contributed by atoms with Gasteiger partial charge in [0.05, 0.1) is 5.60 Å². The summed E-state index contributed by atoms with van der Waals surface area (Å²) in [6.07, 6.45) is 5.26. The van der Waals surface area contributed by atoms with Crippen LogP contribution in [0, 0.1) is 0 Å². The number of aromatic nitrogens is 2. The molecule has 2 aromatic rings. The Balaban J connectivity index is 1.79. The highest BCUT2D eigenvalue weighted by Gasteiger charge is 2.35. The molecule has 3 rings (SSSR count). The fourth-order valence-electron chi connectivity index (χ4n) is 2.91. The van der Waals surface area contributed by atoms with E-state index in [0.717, 1.165) is 31.2 Å². The second kappa shape index (κ2) is 4.25. The highest BCUT2D eigenvalue weighted by atomic mass is 16.3. The van der Waals surface area contributed by atoms with E-state index in [4.69, 9.17) is 0 Å². The molecule has 0 spiro atoms. The van der Waals surface area contributed by atoms with Gasteiger partial charge in [0.1, 0.15) is 0 Å². The van der Waals surface area contributed by atoms with Crippen LogP contribution in [0.2, 0.25) is 0 Å². The maximum absolute atomic E-state index is 10.8. The largest absolute Gasteiger partial charge is 0.385 e. The highest BCUT2D eigenvalue weighted by molar-refractivity contribution is 5.37. The number of aryl methyl sites for hydroxylation is 3. The molecule has 1 heterocycles. The lowest BCUT2D eigenvalue weighted by Crippen LogP contribution is -2.23. The molecule has 0 saturated carbocycles. The molecule has 0 radical (unpaired) electrons. The van der Waals surface area contributed by atoms with Gasteiger partial charge in [0.25, 0.3) is 0 Å². The molecule has 1 aliphatic rings. The van der Waals surface area contributed by atoms with E-state index in [-0.39, 0.29) is 0 Å². The summed E-state index contributed by atoms with van der Waals surface area (Å²) in [5.41, 5.74) is 2.94. The van der Waals surface area contributed by atoms with Crippen molar-refractivity contribution in [2.24, 2.45) is 7.05 Å². The van der Waals surface area contributed by atoms with Crippen LogP contribution in [0.4, 0.5) is 0 Å². The van der Waals surface area contributed by atoms with E-state index >= 15 is 0 Å². The monoisotopic (exact) mass is 242 g/mol. The summed E-state index contributed by atoms with van der Waals surface area (Å²) in [6.45, 7) is 0. The maximum atomic E-state index is 10.8. The van der Waals surface area contributed by atoms with Gasteiger partial charge in [0, 0.05) is 18.9 Å². The first kappa shape index (κ1) is 11.5. The predicted molar refractivity (Wildman–Crippen MR) is 70.2 cm³/mol. The lowest BCUT2D eigenvalue weighted by atomic mass is 9.90. The molecule has 0 bridgehead atoms. The minimum atomic E-state index is -0.652. The number of rotatable bonds is 3. The number of nitrogens with zero attached hydrogens (tertiary/aromatic N) is 2. The molecule has 0 saturated heterocycles. The molecular weight excluding hydrogens is 224 g/mol. The van der Waals surface area contributed by atoms with Crippen LogP contribution in [0.3, 0.4) is 0 Å². The zero-order valence-electron chi connectivity index (χ0n) is 10.6. The molecular formula is C15H18N2O. The van der Waals surface area contributed by atoms with Crippen LogP contribution in [0.15, 0.2) is 36.5 Å². The Kier molecular flexibility index (Phi) is 2.71. The number of benzene rings is 1. The summed E-state index contributed by atoms with van der Waals surface area (Å²) >= 11 is 0. The third kappa shape index (κ3) is 1.85. The van der Waals surface area contributed by atoms with Gasteiger partial charge in [0.15, 0.2) is 0 Å². The smallest absolute Gasteiger partial charge is 0.0906 e. The van der Waals surface area contributed by atoms with Crippen LogP contribution in [-0.2, 0) is 25.5 Å². The Morgan fingerprint density at radius 3 is 2.94 bits per heavy atom. The van der Waals surface area contributed by atoms with Gasteiger partial charge in [-0.15, -0.1) is 0 Å². The van der Waals surface area contributed by atoms with Crippen LogP contribution < -0.4 is 0 Å².